The summed E-state index contributed by atoms with van der Waals surface area (Å²) in [4.78, 5) is 36.7. The molecule has 0 radical (unpaired) electrons. The predicted molar refractivity (Wildman–Crippen MR) is 92.9 cm³/mol. The molecule has 0 aliphatic carbocycles. The zero-order chi connectivity index (χ0) is 18.6. The number of hydrogen-bond donors (Lipinski definition) is 2. The minimum absolute atomic E-state index is 0.0330. The summed E-state index contributed by atoms with van der Waals surface area (Å²) in [6.07, 6.45) is 0.347. The van der Waals surface area contributed by atoms with Crippen LogP contribution in [-0.2, 0) is 14.4 Å². The number of ketones is 1. The molecule has 0 aromatic rings. The van der Waals surface area contributed by atoms with Crippen LogP contribution in [0.4, 0.5) is 0 Å². The van der Waals surface area contributed by atoms with E-state index in [4.69, 9.17) is 0 Å². The molecule has 0 fully saturated rings. The predicted octanol–water partition coefficient (Wildman–Crippen LogP) is 2.68. The quantitative estimate of drug-likeness (QED) is 0.788. The summed E-state index contributed by atoms with van der Waals surface area (Å²) in [7, 11) is 0. The van der Waals surface area contributed by atoms with E-state index in [1.807, 2.05) is 55.4 Å². The summed E-state index contributed by atoms with van der Waals surface area (Å²) in [5, 5.41) is 5.53. The Bertz CT molecular complexity index is 442. The number of carbonyl (C=O) groups excluding carboxylic acids is 3. The van der Waals surface area contributed by atoms with Gasteiger partial charge in [0.15, 0.2) is 5.78 Å². The van der Waals surface area contributed by atoms with E-state index in [9.17, 15) is 14.4 Å². The molecule has 5 heteroatoms. The van der Waals surface area contributed by atoms with Gasteiger partial charge in [0.05, 0.1) is 6.04 Å². The first-order chi connectivity index (χ1) is 10.1. The van der Waals surface area contributed by atoms with Crippen LogP contribution in [0, 0.1) is 16.7 Å². The van der Waals surface area contributed by atoms with Gasteiger partial charge in [0.2, 0.25) is 11.8 Å². The second-order valence-electron chi connectivity index (χ2n) is 8.87. The monoisotopic (exact) mass is 326 g/mol. The van der Waals surface area contributed by atoms with Gasteiger partial charge in [-0.3, -0.25) is 14.4 Å². The molecule has 0 spiro atoms. The summed E-state index contributed by atoms with van der Waals surface area (Å²) < 4.78 is 0. The summed E-state index contributed by atoms with van der Waals surface area (Å²) in [6.45, 7) is 16.8. The third-order valence-electron chi connectivity index (χ3n) is 3.45. The highest BCUT2D eigenvalue weighted by molar-refractivity contribution is 5.94. The molecule has 0 aliphatic heterocycles. The maximum atomic E-state index is 12.4. The van der Waals surface area contributed by atoms with Crippen molar-refractivity contribution in [3.05, 3.63) is 0 Å². The highest BCUT2D eigenvalue weighted by atomic mass is 16.2. The van der Waals surface area contributed by atoms with Crippen LogP contribution < -0.4 is 10.6 Å². The normalized spacial score (nSPS) is 15.0. The highest BCUT2D eigenvalue weighted by Crippen LogP contribution is 2.19. The molecule has 134 valence electrons. The Morgan fingerprint density at radius 1 is 0.870 bits per heavy atom. The van der Waals surface area contributed by atoms with Crippen molar-refractivity contribution >= 4 is 17.6 Å². The van der Waals surface area contributed by atoms with Crippen LogP contribution in [0.1, 0.15) is 68.7 Å². The highest BCUT2D eigenvalue weighted by Gasteiger charge is 2.31. The van der Waals surface area contributed by atoms with Gasteiger partial charge >= 0.3 is 0 Å². The summed E-state index contributed by atoms with van der Waals surface area (Å²) in [5.74, 6) is -0.557. The molecule has 0 unspecified atom stereocenters. The lowest BCUT2D eigenvalue weighted by Crippen LogP contribution is -2.54. The fourth-order valence-corrected chi connectivity index (χ4v) is 2.26. The molecule has 0 saturated carbocycles. The Morgan fingerprint density at radius 3 is 1.70 bits per heavy atom. The Morgan fingerprint density at radius 2 is 1.35 bits per heavy atom. The number of carbonyl (C=O) groups is 3. The molecule has 2 atom stereocenters. The van der Waals surface area contributed by atoms with Crippen LogP contribution in [0.2, 0.25) is 0 Å². The van der Waals surface area contributed by atoms with Gasteiger partial charge in [-0.05, 0) is 18.3 Å². The Kier molecular flexibility index (Phi) is 7.45. The van der Waals surface area contributed by atoms with Crippen LogP contribution in [0.5, 0.6) is 0 Å². The SMILES string of the molecule is CC(C)[C@H](NC(=O)CC(C)(C)C)C(=O)N[C@@H](C)C(=O)C(C)(C)C. The van der Waals surface area contributed by atoms with Crippen molar-refractivity contribution in [2.75, 3.05) is 0 Å². The van der Waals surface area contributed by atoms with Crippen molar-refractivity contribution < 1.29 is 14.4 Å². The fraction of sp³-hybridized carbons (Fsp3) is 0.833. The first-order valence-corrected chi connectivity index (χ1v) is 8.29. The number of rotatable bonds is 6. The molecule has 0 rings (SSSR count). The van der Waals surface area contributed by atoms with E-state index in [0.717, 1.165) is 0 Å². The van der Waals surface area contributed by atoms with E-state index in [2.05, 4.69) is 10.6 Å². The van der Waals surface area contributed by atoms with E-state index >= 15 is 0 Å². The zero-order valence-corrected chi connectivity index (χ0v) is 16.2. The van der Waals surface area contributed by atoms with E-state index < -0.39 is 17.5 Å². The molecule has 0 heterocycles. The number of amides is 2. The average Bonchev–Trinajstić information content (AvgIpc) is 2.30. The first kappa shape index (κ1) is 21.6. The van der Waals surface area contributed by atoms with Gasteiger partial charge in [0.25, 0.3) is 0 Å². The summed E-state index contributed by atoms with van der Waals surface area (Å²) in [5.41, 5.74) is -0.660. The number of Topliss-reactive ketones (excluding diaryl/α,β-unsaturated/α-hetero) is 1. The zero-order valence-electron chi connectivity index (χ0n) is 16.2. The molecule has 2 amide bonds. The maximum absolute atomic E-state index is 12.4. The molecule has 0 aromatic heterocycles. The molecule has 0 bridgehead atoms. The Labute approximate surface area is 141 Å². The smallest absolute Gasteiger partial charge is 0.243 e. The largest absolute Gasteiger partial charge is 0.345 e. The van der Waals surface area contributed by atoms with Gasteiger partial charge in [0, 0.05) is 11.8 Å². The second kappa shape index (κ2) is 7.93. The molecule has 23 heavy (non-hydrogen) atoms. The molecule has 0 aliphatic rings. The molecule has 2 N–H and O–H groups in total. The van der Waals surface area contributed by atoms with Crippen molar-refractivity contribution in [3.63, 3.8) is 0 Å². The molecular formula is C18H34N2O3. The van der Waals surface area contributed by atoms with Gasteiger partial charge in [-0.2, -0.15) is 0 Å². The Hall–Kier alpha value is -1.39. The second-order valence-corrected chi connectivity index (χ2v) is 8.87. The third kappa shape index (κ3) is 8.14. The van der Waals surface area contributed by atoms with Crippen LogP contribution in [0.15, 0.2) is 0 Å². The minimum Gasteiger partial charge on any atom is -0.345 e. The lowest BCUT2D eigenvalue weighted by atomic mass is 9.87. The van der Waals surface area contributed by atoms with Crippen LogP contribution >= 0.6 is 0 Å². The van der Waals surface area contributed by atoms with Gasteiger partial charge < -0.3 is 10.6 Å². The standard InChI is InChI=1S/C18H34N2O3/c1-11(2)14(20-13(21)10-17(4,5)6)16(23)19-12(3)15(22)18(7,8)9/h11-12,14H,10H2,1-9H3,(H,19,23)(H,20,21)/t12-,14-/m0/s1. The number of nitrogens with one attached hydrogen (secondary N) is 2. The molecule has 5 nitrogen and oxygen atoms in total. The summed E-state index contributed by atoms with van der Waals surface area (Å²) in [6, 6.07) is -1.22. The van der Waals surface area contributed by atoms with Gasteiger partial charge in [-0.15, -0.1) is 0 Å². The Balaban J connectivity index is 4.88. The van der Waals surface area contributed by atoms with Crippen LogP contribution in [0.3, 0.4) is 0 Å². The van der Waals surface area contributed by atoms with Crippen molar-refractivity contribution in [2.45, 2.75) is 80.8 Å². The minimum atomic E-state index is -0.639. The lowest BCUT2D eigenvalue weighted by Gasteiger charge is -2.27. The van der Waals surface area contributed by atoms with Gasteiger partial charge in [-0.25, -0.2) is 0 Å². The molecule has 0 saturated heterocycles. The fourth-order valence-electron chi connectivity index (χ4n) is 2.26. The van der Waals surface area contributed by atoms with E-state index in [0.29, 0.717) is 6.42 Å². The summed E-state index contributed by atoms with van der Waals surface area (Å²) >= 11 is 0. The van der Waals surface area contributed by atoms with E-state index in [-0.39, 0.29) is 28.9 Å². The third-order valence-corrected chi connectivity index (χ3v) is 3.45. The lowest BCUT2D eigenvalue weighted by molar-refractivity contribution is -0.134. The van der Waals surface area contributed by atoms with Crippen LogP contribution in [0.25, 0.3) is 0 Å². The number of hydrogen-bond acceptors (Lipinski definition) is 3. The maximum Gasteiger partial charge on any atom is 0.243 e. The first-order valence-electron chi connectivity index (χ1n) is 8.29. The topological polar surface area (TPSA) is 75.3 Å². The van der Waals surface area contributed by atoms with Crippen molar-refractivity contribution in [1.29, 1.82) is 0 Å². The van der Waals surface area contributed by atoms with Crippen molar-refractivity contribution in [1.82, 2.24) is 10.6 Å². The molecular weight excluding hydrogens is 292 g/mol. The van der Waals surface area contributed by atoms with Gasteiger partial charge in [-0.1, -0.05) is 55.4 Å². The molecule has 0 aromatic carbocycles. The average molecular weight is 326 g/mol. The van der Waals surface area contributed by atoms with Crippen molar-refractivity contribution in [2.24, 2.45) is 16.7 Å². The van der Waals surface area contributed by atoms with Crippen molar-refractivity contribution in [3.8, 4) is 0 Å². The van der Waals surface area contributed by atoms with E-state index in [1.54, 1.807) is 6.92 Å². The van der Waals surface area contributed by atoms with E-state index in [1.165, 1.54) is 0 Å². The van der Waals surface area contributed by atoms with Crippen LogP contribution in [-0.4, -0.2) is 29.7 Å². The van der Waals surface area contributed by atoms with Gasteiger partial charge in [0.1, 0.15) is 6.04 Å².